The van der Waals surface area contributed by atoms with Crippen molar-refractivity contribution in [2.75, 3.05) is 18.4 Å². The first kappa shape index (κ1) is 19.5. The fourth-order valence-electron chi connectivity index (χ4n) is 2.33. The quantitative estimate of drug-likeness (QED) is 0.635. The third-order valence-corrected chi connectivity index (χ3v) is 3.74. The topological polar surface area (TPSA) is 93.5 Å². The first-order valence-corrected chi connectivity index (χ1v) is 8.58. The minimum Gasteiger partial charge on any atom is -0.487 e. The van der Waals surface area contributed by atoms with Crippen LogP contribution in [0, 0.1) is 6.92 Å². The van der Waals surface area contributed by atoms with Crippen LogP contribution >= 0.6 is 0 Å². The second-order valence-electron chi connectivity index (χ2n) is 6.06. The van der Waals surface area contributed by atoms with Crippen LogP contribution in [-0.4, -0.2) is 24.9 Å². The summed E-state index contributed by atoms with van der Waals surface area (Å²) in [5.41, 5.74) is 8.61. The highest BCUT2D eigenvalue weighted by Gasteiger charge is 2.12. The molecule has 6 heteroatoms. The van der Waals surface area contributed by atoms with Crippen molar-refractivity contribution in [1.29, 1.82) is 0 Å². The maximum Gasteiger partial charge on any atom is 0.251 e. The van der Waals surface area contributed by atoms with Crippen LogP contribution < -0.4 is 21.1 Å². The number of rotatable bonds is 8. The Morgan fingerprint density at radius 3 is 2.50 bits per heavy atom. The lowest BCUT2D eigenvalue weighted by atomic mass is 10.1. The van der Waals surface area contributed by atoms with E-state index in [1.54, 1.807) is 18.2 Å². The van der Waals surface area contributed by atoms with Gasteiger partial charge in [0.05, 0.1) is 5.69 Å². The van der Waals surface area contributed by atoms with E-state index in [4.69, 9.17) is 10.5 Å². The number of carbonyl (C=O) groups is 2. The van der Waals surface area contributed by atoms with Gasteiger partial charge in [-0.25, -0.2) is 0 Å². The lowest BCUT2D eigenvalue weighted by molar-refractivity contribution is -0.114. The van der Waals surface area contributed by atoms with Crippen LogP contribution in [0.2, 0.25) is 0 Å². The zero-order valence-electron chi connectivity index (χ0n) is 15.2. The van der Waals surface area contributed by atoms with Gasteiger partial charge in [0.25, 0.3) is 5.91 Å². The van der Waals surface area contributed by atoms with Gasteiger partial charge in [-0.15, -0.1) is 0 Å². The molecule has 26 heavy (non-hydrogen) atoms. The zero-order valence-corrected chi connectivity index (χ0v) is 15.2. The standard InChI is InChI=1S/C20H25N3O3/c1-14-4-6-16(7-5-14)13-26-19-12-17(20(25)22-11-3-10-21)8-9-18(19)23-15(2)24/h4-9,12H,3,10-11,13,21H2,1-2H3,(H,22,25)(H,23,24). The van der Waals surface area contributed by atoms with Gasteiger partial charge in [-0.05, 0) is 43.7 Å². The summed E-state index contributed by atoms with van der Waals surface area (Å²) < 4.78 is 5.87. The Hall–Kier alpha value is -2.86. The largest absolute Gasteiger partial charge is 0.487 e. The molecule has 0 spiro atoms. The van der Waals surface area contributed by atoms with E-state index in [9.17, 15) is 9.59 Å². The second kappa shape index (κ2) is 9.58. The van der Waals surface area contributed by atoms with Gasteiger partial charge in [-0.1, -0.05) is 29.8 Å². The fraction of sp³-hybridized carbons (Fsp3) is 0.300. The summed E-state index contributed by atoms with van der Waals surface area (Å²) in [5.74, 6) is 0.0468. The van der Waals surface area contributed by atoms with Crippen molar-refractivity contribution in [2.24, 2.45) is 5.73 Å². The van der Waals surface area contributed by atoms with Gasteiger partial charge in [0.2, 0.25) is 5.91 Å². The molecule has 0 saturated heterocycles. The SMILES string of the molecule is CC(=O)Nc1ccc(C(=O)NCCCN)cc1OCc1ccc(C)cc1. The van der Waals surface area contributed by atoms with Gasteiger partial charge in [-0.2, -0.15) is 0 Å². The molecule has 0 bridgehead atoms. The molecule has 0 aliphatic heterocycles. The molecule has 0 saturated carbocycles. The maximum atomic E-state index is 12.2. The van der Waals surface area contributed by atoms with Crippen molar-refractivity contribution in [3.63, 3.8) is 0 Å². The summed E-state index contributed by atoms with van der Waals surface area (Å²) in [6.45, 7) is 4.82. The van der Waals surface area contributed by atoms with Crippen LogP contribution in [0.1, 0.15) is 34.8 Å². The molecule has 2 aromatic carbocycles. The van der Waals surface area contributed by atoms with E-state index in [2.05, 4.69) is 10.6 Å². The van der Waals surface area contributed by atoms with Crippen LogP contribution in [0.5, 0.6) is 5.75 Å². The average Bonchev–Trinajstić information content (AvgIpc) is 2.62. The first-order valence-electron chi connectivity index (χ1n) is 8.58. The highest BCUT2D eigenvalue weighted by Crippen LogP contribution is 2.27. The summed E-state index contributed by atoms with van der Waals surface area (Å²) in [6, 6.07) is 12.9. The number of benzene rings is 2. The zero-order chi connectivity index (χ0) is 18.9. The minimum atomic E-state index is -0.203. The number of carbonyl (C=O) groups excluding carboxylic acids is 2. The van der Waals surface area contributed by atoms with Crippen molar-refractivity contribution in [3.8, 4) is 5.75 Å². The van der Waals surface area contributed by atoms with Crippen LogP contribution in [0.15, 0.2) is 42.5 Å². The Bertz CT molecular complexity index is 757. The molecule has 0 radical (unpaired) electrons. The molecule has 2 rings (SSSR count). The number of anilines is 1. The molecule has 2 amide bonds. The summed E-state index contributed by atoms with van der Waals surface area (Å²) in [4.78, 5) is 23.6. The van der Waals surface area contributed by atoms with Gasteiger partial charge in [0.15, 0.2) is 0 Å². The normalized spacial score (nSPS) is 10.3. The molecular formula is C20H25N3O3. The predicted molar refractivity (Wildman–Crippen MR) is 102 cm³/mol. The molecule has 6 nitrogen and oxygen atoms in total. The van der Waals surface area contributed by atoms with Gasteiger partial charge >= 0.3 is 0 Å². The number of nitrogens with one attached hydrogen (secondary N) is 2. The highest BCUT2D eigenvalue weighted by atomic mass is 16.5. The third kappa shape index (κ3) is 5.89. The summed E-state index contributed by atoms with van der Waals surface area (Å²) in [7, 11) is 0. The molecule has 0 aliphatic rings. The Balaban J connectivity index is 2.15. The molecule has 0 aliphatic carbocycles. The van der Waals surface area contributed by atoms with Crippen molar-refractivity contribution in [3.05, 3.63) is 59.2 Å². The number of hydrogen-bond donors (Lipinski definition) is 3. The Morgan fingerprint density at radius 2 is 1.85 bits per heavy atom. The van der Waals surface area contributed by atoms with E-state index in [0.29, 0.717) is 43.1 Å². The molecule has 138 valence electrons. The van der Waals surface area contributed by atoms with Crippen LogP contribution in [0.4, 0.5) is 5.69 Å². The first-order chi connectivity index (χ1) is 12.5. The monoisotopic (exact) mass is 355 g/mol. The second-order valence-corrected chi connectivity index (χ2v) is 6.06. The average molecular weight is 355 g/mol. The van der Waals surface area contributed by atoms with Gasteiger partial charge in [0, 0.05) is 19.0 Å². The van der Waals surface area contributed by atoms with E-state index in [0.717, 1.165) is 5.56 Å². The smallest absolute Gasteiger partial charge is 0.251 e. The van der Waals surface area contributed by atoms with Crippen LogP contribution in [0.25, 0.3) is 0 Å². The Labute approximate surface area is 153 Å². The highest BCUT2D eigenvalue weighted by molar-refractivity contribution is 5.96. The molecule has 0 unspecified atom stereocenters. The van der Waals surface area contributed by atoms with Gasteiger partial charge < -0.3 is 21.1 Å². The van der Waals surface area contributed by atoms with E-state index in [1.807, 2.05) is 31.2 Å². The lowest BCUT2D eigenvalue weighted by Crippen LogP contribution is -2.26. The lowest BCUT2D eigenvalue weighted by Gasteiger charge is -2.14. The molecular weight excluding hydrogens is 330 g/mol. The van der Waals surface area contributed by atoms with Crippen molar-refractivity contribution in [2.45, 2.75) is 26.9 Å². The third-order valence-electron chi connectivity index (χ3n) is 3.74. The predicted octanol–water partition coefficient (Wildman–Crippen LogP) is 2.61. The number of nitrogens with two attached hydrogens (primary N) is 1. The van der Waals surface area contributed by atoms with Crippen LogP contribution in [0.3, 0.4) is 0 Å². The van der Waals surface area contributed by atoms with Crippen molar-refractivity contribution < 1.29 is 14.3 Å². The van der Waals surface area contributed by atoms with E-state index in [1.165, 1.54) is 12.5 Å². The Kier molecular flexibility index (Phi) is 7.17. The Morgan fingerprint density at radius 1 is 1.12 bits per heavy atom. The minimum absolute atomic E-state index is 0.201. The molecule has 2 aromatic rings. The van der Waals surface area contributed by atoms with E-state index >= 15 is 0 Å². The van der Waals surface area contributed by atoms with E-state index in [-0.39, 0.29) is 11.8 Å². The molecule has 0 heterocycles. The number of hydrogen-bond acceptors (Lipinski definition) is 4. The maximum absolute atomic E-state index is 12.2. The summed E-state index contributed by atoms with van der Waals surface area (Å²) in [6.07, 6.45) is 0.715. The van der Waals surface area contributed by atoms with Gasteiger partial charge in [-0.3, -0.25) is 9.59 Å². The van der Waals surface area contributed by atoms with E-state index < -0.39 is 0 Å². The summed E-state index contributed by atoms with van der Waals surface area (Å²) >= 11 is 0. The molecule has 4 N–H and O–H groups in total. The van der Waals surface area contributed by atoms with Crippen molar-refractivity contribution in [1.82, 2.24) is 5.32 Å². The molecule has 0 aromatic heterocycles. The van der Waals surface area contributed by atoms with Crippen molar-refractivity contribution >= 4 is 17.5 Å². The summed E-state index contributed by atoms with van der Waals surface area (Å²) in [5, 5.41) is 5.53. The fourth-order valence-corrected chi connectivity index (χ4v) is 2.33. The van der Waals surface area contributed by atoms with Crippen LogP contribution in [-0.2, 0) is 11.4 Å². The molecule has 0 atom stereocenters. The number of aryl methyl sites for hydroxylation is 1. The number of amides is 2. The molecule has 0 fully saturated rings. The van der Waals surface area contributed by atoms with Gasteiger partial charge in [0.1, 0.15) is 12.4 Å². The number of ether oxygens (including phenoxy) is 1.